The van der Waals surface area contributed by atoms with Crippen molar-refractivity contribution in [2.75, 3.05) is 0 Å². The van der Waals surface area contributed by atoms with Gasteiger partial charge in [0.15, 0.2) is 0 Å². The second-order valence-electron chi connectivity index (χ2n) is 5.05. The molecule has 0 bridgehead atoms. The van der Waals surface area contributed by atoms with Gasteiger partial charge < -0.3 is 85.7 Å². The number of hydrogen-bond donors (Lipinski definition) is 2. The first-order valence-corrected chi connectivity index (χ1v) is 12.2. The number of rotatable bonds is 8. The number of phosphoric acid groups is 4. The molecule has 6 atom stereocenters. The first-order valence-electron chi connectivity index (χ1n) is 6.38. The molecule has 1 aliphatic carbocycles. The largest absolute Gasteiger partial charge is 1.00 e. The Kier molecular flexibility index (Phi) is 39.4. The predicted molar refractivity (Wildman–Crippen MR) is 61.9 cm³/mol. The van der Waals surface area contributed by atoms with Crippen LogP contribution >= 0.6 is 31.3 Å². The molecule has 1 aliphatic rings. The smallest absolute Gasteiger partial charge is 0.790 e. The summed E-state index contributed by atoms with van der Waals surface area (Å²) < 4.78 is 57.8. The van der Waals surface area contributed by atoms with E-state index in [1.165, 1.54) is 0 Å². The maximum Gasteiger partial charge on any atom is 1.00 e. The zero-order valence-electron chi connectivity index (χ0n) is 20.7. The normalized spacial score (nSPS) is 25.7. The van der Waals surface area contributed by atoms with Gasteiger partial charge >= 0.3 is 151 Å². The number of hydrogen-bond acceptors (Lipinski definition) is 18. The molecule has 0 aromatic heterocycles. The molecule has 0 aliphatic heterocycles. The molecular formula is C6H8Li8O18P4. The van der Waals surface area contributed by atoms with Crippen molar-refractivity contribution in [3.63, 3.8) is 0 Å². The van der Waals surface area contributed by atoms with Gasteiger partial charge in [-0.15, -0.1) is 0 Å². The topological polar surface area (TPSA) is 330 Å². The molecule has 168 valence electrons. The van der Waals surface area contributed by atoms with Gasteiger partial charge in [0.05, 0.1) is 31.3 Å². The molecule has 0 spiro atoms. The van der Waals surface area contributed by atoms with Gasteiger partial charge in [0.1, 0.15) is 36.6 Å². The molecule has 2 N–H and O–H groups in total. The van der Waals surface area contributed by atoms with Gasteiger partial charge in [0.25, 0.3) is 0 Å². The molecule has 0 aromatic carbocycles. The van der Waals surface area contributed by atoms with Crippen LogP contribution in [0.3, 0.4) is 0 Å². The van der Waals surface area contributed by atoms with E-state index in [1.54, 1.807) is 0 Å². The van der Waals surface area contributed by atoms with Crippen molar-refractivity contribution < 1.29 is 237 Å². The number of aliphatic hydroxyl groups excluding tert-OH is 2. The van der Waals surface area contributed by atoms with Crippen molar-refractivity contribution in [1.29, 1.82) is 0 Å². The van der Waals surface area contributed by atoms with E-state index in [1.807, 2.05) is 0 Å². The van der Waals surface area contributed by atoms with E-state index in [9.17, 15) is 67.6 Å². The summed E-state index contributed by atoms with van der Waals surface area (Å²) >= 11 is 0. The van der Waals surface area contributed by atoms with Gasteiger partial charge in [-0.1, -0.05) is 0 Å². The Morgan fingerprint density at radius 3 is 0.583 bits per heavy atom. The van der Waals surface area contributed by atoms with Crippen LogP contribution < -0.4 is 190 Å². The van der Waals surface area contributed by atoms with E-state index in [0.717, 1.165) is 0 Å². The first kappa shape index (κ1) is 60.4. The number of phosphoric ester groups is 4. The molecule has 18 nitrogen and oxygen atoms in total. The summed E-state index contributed by atoms with van der Waals surface area (Å²) in [6.45, 7) is 0. The zero-order chi connectivity index (χ0) is 22.3. The zero-order valence-corrected chi connectivity index (χ0v) is 24.3. The van der Waals surface area contributed by atoms with Crippen molar-refractivity contribution in [3.8, 4) is 0 Å². The van der Waals surface area contributed by atoms with Crippen molar-refractivity contribution in [1.82, 2.24) is 0 Å². The summed E-state index contributed by atoms with van der Waals surface area (Å²) in [7, 11) is -24.7. The third-order valence-electron chi connectivity index (χ3n) is 3.00. The average Bonchev–Trinajstić information content (AvgIpc) is 2.39. The van der Waals surface area contributed by atoms with Gasteiger partial charge in [0, 0.05) is 0 Å². The summed E-state index contributed by atoms with van der Waals surface area (Å²) in [5.41, 5.74) is 0. The Hall–Kier alpha value is 5.14. The first-order chi connectivity index (χ1) is 12.2. The summed E-state index contributed by atoms with van der Waals surface area (Å²) in [6, 6.07) is 0. The SMILES string of the molecule is O=P([O-])([O-])O[C@@H]1[C@@H](O)[C@H](OP(=O)([O-])[O-])[C@@H](OP(=O)([O-])[O-])[C@H](O)[C@@H]1OP(=O)([O-])[O-].[Li+].[Li+].[Li+].[Li+].[Li+].[Li+].[Li+].[Li+]. The fourth-order valence-electron chi connectivity index (χ4n) is 2.24. The molecule has 36 heavy (non-hydrogen) atoms. The van der Waals surface area contributed by atoms with Crippen LogP contribution in [0.25, 0.3) is 0 Å². The maximum atomic E-state index is 10.7. The standard InChI is InChI=1S/C6H16O18P4.8Li/c7-1-3(21-25(9,10)11)5(23-27(15,16)17)2(8)6(24-28(18,19)20)4(1)22-26(12,13)14;;;;;;;;/h1-8H,(H2,9,10,11)(H2,12,13,14)(H2,15,16,17)(H2,18,19,20);;;;;;;;/q;8*+1/p-8/t1-,2-,3-,4-,5-,6+;;;;;;;;/m0......../s1. The Balaban J connectivity index is -0.000000163. The van der Waals surface area contributed by atoms with Crippen molar-refractivity contribution >= 4 is 31.3 Å². The molecule has 0 amide bonds. The third kappa shape index (κ3) is 23.6. The minimum Gasteiger partial charge on any atom is -0.790 e. The second-order valence-corrected chi connectivity index (χ2v) is 9.47. The van der Waals surface area contributed by atoms with E-state index in [4.69, 9.17) is 0 Å². The fourth-order valence-corrected chi connectivity index (χ4v) is 4.41. The van der Waals surface area contributed by atoms with E-state index in [-0.39, 0.29) is 151 Å². The summed E-state index contributed by atoms with van der Waals surface area (Å²) in [5.74, 6) is 0. The molecule has 30 heteroatoms. The molecular weight excluding hydrogens is 539 g/mol. The fraction of sp³-hybridized carbons (Fsp3) is 1.00. The van der Waals surface area contributed by atoms with Gasteiger partial charge in [-0.2, -0.15) is 0 Å². The molecule has 0 heterocycles. The minimum absolute atomic E-state index is 0. The van der Waals surface area contributed by atoms with Gasteiger partial charge in [-0.25, -0.2) is 0 Å². The number of aliphatic hydroxyl groups is 2. The van der Waals surface area contributed by atoms with E-state index >= 15 is 0 Å². The molecule has 0 aromatic rings. The monoisotopic (exact) mass is 548 g/mol. The minimum atomic E-state index is -6.18. The van der Waals surface area contributed by atoms with Crippen molar-refractivity contribution in [2.45, 2.75) is 36.6 Å². The molecule has 1 fully saturated rings. The van der Waals surface area contributed by atoms with E-state index in [0.29, 0.717) is 0 Å². The predicted octanol–water partition coefficient (Wildman–Crippen LogP) is -32.4. The van der Waals surface area contributed by atoms with Crippen LogP contribution in [0.5, 0.6) is 0 Å². The molecule has 0 saturated heterocycles. The Morgan fingerprint density at radius 2 is 0.500 bits per heavy atom. The maximum absolute atomic E-state index is 10.7. The third-order valence-corrected chi connectivity index (χ3v) is 5.00. The van der Waals surface area contributed by atoms with Crippen molar-refractivity contribution in [2.24, 2.45) is 0 Å². The van der Waals surface area contributed by atoms with Crippen LogP contribution in [-0.2, 0) is 36.4 Å². The molecule has 1 saturated carbocycles. The average molecular weight is 548 g/mol. The molecule has 0 unspecified atom stereocenters. The summed E-state index contributed by atoms with van der Waals surface area (Å²) in [6.07, 6.45) is -17.6. The van der Waals surface area contributed by atoms with Gasteiger partial charge in [-0.3, -0.25) is 0 Å². The van der Waals surface area contributed by atoms with Crippen molar-refractivity contribution in [3.05, 3.63) is 0 Å². The van der Waals surface area contributed by atoms with Gasteiger partial charge in [0.2, 0.25) is 0 Å². The van der Waals surface area contributed by atoms with Crippen LogP contribution in [0, 0.1) is 0 Å². The van der Waals surface area contributed by atoms with Crippen LogP contribution in [0.4, 0.5) is 0 Å². The Morgan fingerprint density at radius 1 is 0.389 bits per heavy atom. The van der Waals surface area contributed by atoms with E-state index < -0.39 is 67.9 Å². The van der Waals surface area contributed by atoms with E-state index in [2.05, 4.69) is 18.1 Å². The quantitative estimate of drug-likeness (QED) is 0.210. The van der Waals surface area contributed by atoms with Crippen LogP contribution in [-0.4, -0.2) is 46.8 Å². The molecule has 1 rings (SSSR count). The Labute approximate surface area is 301 Å². The Bertz CT molecular complexity index is 632. The van der Waals surface area contributed by atoms with Crippen LogP contribution in [0.1, 0.15) is 0 Å². The van der Waals surface area contributed by atoms with Gasteiger partial charge in [-0.05, 0) is 0 Å². The summed E-state index contributed by atoms with van der Waals surface area (Å²) in [4.78, 5) is 86.0. The second kappa shape index (κ2) is 23.5. The summed E-state index contributed by atoms with van der Waals surface area (Å²) in [5, 5.41) is 19.8. The van der Waals surface area contributed by atoms with Crippen LogP contribution in [0.2, 0.25) is 0 Å². The molecule has 0 radical (unpaired) electrons. The van der Waals surface area contributed by atoms with Crippen LogP contribution in [0.15, 0.2) is 0 Å².